The van der Waals surface area contributed by atoms with E-state index in [1.54, 1.807) is 17.2 Å². The average Bonchev–Trinajstić information content (AvgIpc) is 3.17. The second-order valence-corrected chi connectivity index (χ2v) is 6.96. The van der Waals surface area contributed by atoms with Crippen LogP contribution in [0.4, 0.5) is 0 Å². The third kappa shape index (κ3) is 2.46. The van der Waals surface area contributed by atoms with Gasteiger partial charge in [0.15, 0.2) is 0 Å². The molecule has 9 nitrogen and oxygen atoms in total. The number of carbonyl (C=O) groups excluding carboxylic acids is 1. The number of piperidine rings is 1. The minimum Gasteiger partial charge on any atom is -0.370 e. The lowest BCUT2D eigenvalue weighted by atomic mass is 10.00. The minimum absolute atomic E-state index is 0.00122. The zero-order valence-electron chi connectivity index (χ0n) is 14.8. The summed E-state index contributed by atoms with van der Waals surface area (Å²) in [5, 5.41) is 8.10. The van der Waals surface area contributed by atoms with Gasteiger partial charge < -0.3 is 9.64 Å². The topological polar surface area (TPSA) is 94.6 Å². The van der Waals surface area contributed by atoms with Crippen LogP contribution in [0.15, 0.2) is 35.4 Å². The van der Waals surface area contributed by atoms with Crippen LogP contribution in [0.5, 0.6) is 0 Å². The zero-order chi connectivity index (χ0) is 18.5. The molecule has 0 aliphatic carbocycles. The summed E-state index contributed by atoms with van der Waals surface area (Å²) in [6, 6.07) is 5.32. The molecule has 0 bridgehead atoms. The number of aryl methyl sites for hydroxylation is 1. The summed E-state index contributed by atoms with van der Waals surface area (Å²) in [6.07, 6.45) is 3.75. The van der Waals surface area contributed by atoms with E-state index in [0.717, 1.165) is 11.4 Å². The number of hydrogen-bond acceptors (Lipinski definition) is 6. The minimum atomic E-state index is -0.341. The van der Waals surface area contributed by atoms with Gasteiger partial charge in [-0.25, -0.2) is 9.67 Å². The van der Waals surface area contributed by atoms with E-state index in [-0.39, 0.29) is 29.2 Å². The molecule has 1 saturated heterocycles. The zero-order valence-corrected chi connectivity index (χ0v) is 14.8. The lowest BCUT2D eigenvalue weighted by molar-refractivity contribution is -0.0605. The summed E-state index contributed by atoms with van der Waals surface area (Å²) in [7, 11) is 0. The first-order chi connectivity index (χ1) is 13.1. The first-order valence-corrected chi connectivity index (χ1v) is 8.91. The summed E-state index contributed by atoms with van der Waals surface area (Å²) in [5.41, 5.74) is 1.91. The van der Waals surface area contributed by atoms with E-state index in [9.17, 15) is 9.59 Å². The van der Waals surface area contributed by atoms with Crippen LogP contribution in [0.25, 0.3) is 5.65 Å². The molecular weight excluding hydrogens is 348 g/mol. The van der Waals surface area contributed by atoms with Crippen molar-refractivity contribution in [3.63, 3.8) is 0 Å². The molecule has 1 fully saturated rings. The molecule has 3 aromatic rings. The number of ether oxygens (including phenoxy) is 1. The van der Waals surface area contributed by atoms with Crippen LogP contribution in [-0.4, -0.2) is 54.4 Å². The molecule has 138 valence electrons. The van der Waals surface area contributed by atoms with Crippen molar-refractivity contribution < 1.29 is 9.53 Å². The van der Waals surface area contributed by atoms with E-state index in [4.69, 9.17) is 4.74 Å². The number of aromatic nitrogens is 5. The van der Waals surface area contributed by atoms with Crippen LogP contribution >= 0.6 is 0 Å². The van der Waals surface area contributed by atoms with Crippen molar-refractivity contribution in [3.8, 4) is 0 Å². The Morgan fingerprint density at radius 3 is 3.07 bits per heavy atom. The first kappa shape index (κ1) is 16.1. The van der Waals surface area contributed by atoms with Crippen LogP contribution in [0.3, 0.4) is 0 Å². The second kappa shape index (κ2) is 5.98. The van der Waals surface area contributed by atoms with Gasteiger partial charge in [-0.2, -0.15) is 0 Å². The lowest BCUT2D eigenvalue weighted by Crippen LogP contribution is -2.50. The normalized spacial score (nSPS) is 21.7. The SMILES string of the molecule is Cc1cccc2ncc(C(=O)N3CC[C@@H]4OCc5cnnn5[C@@H]4C3)c(=O)n12. The standard InChI is InChI=1S/C18H18N6O3/c1-11-3-2-4-16-19-8-13(18(26)23(11)16)17(25)22-6-5-15-14(9-22)24-12(10-27-15)7-20-21-24/h2-4,7-8,14-15H,5-6,9-10H2,1H3/t14-,15+/m1/s1. The molecule has 5 rings (SSSR count). The van der Waals surface area contributed by atoms with Gasteiger partial charge in [0.05, 0.1) is 30.6 Å². The fourth-order valence-electron chi connectivity index (χ4n) is 3.96. The molecule has 0 radical (unpaired) electrons. The van der Waals surface area contributed by atoms with E-state index >= 15 is 0 Å². The van der Waals surface area contributed by atoms with Gasteiger partial charge in [-0.1, -0.05) is 11.3 Å². The van der Waals surface area contributed by atoms with Crippen molar-refractivity contribution >= 4 is 11.6 Å². The molecule has 5 heterocycles. The highest BCUT2D eigenvalue weighted by Gasteiger charge is 2.38. The predicted octanol–water partition coefficient (Wildman–Crippen LogP) is 0.580. The number of hydrogen-bond donors (Lipinski definition) is 0. The maximum atomic E-state index is 13.1. The molecular formula is C18H18N6O3. The number of fused-ring (bicyclic) bond motifs is 4. The van der Waals surface area contributed by atoms with Crippen LogP contribution in [0.1, 0.15) is 34.2 Å². The van der Waals surface area contributed by atoms with Gasteiger partial charge in [0.25, 0.3) is 11.5 Å². The van der Waals surface area contributed by atoms with Gasteiger partial charge in [-0.3, -0.25) is 14.0 Å². The van der Waals surface area contributed by atoms with Crippen molar-refractivity contribution in [1.29, 1.82) is 0 Å². The average molecular weight is 366 g/mol. The number of nitrogens with zero attached hydrogens (tertiary/aromatic N) is 6. The number of rotatable bonds is 1. The van der Waals surface area contributed by atoms with Gasteiger partial charge >= 0.3 is 0 Å². The Labute approximate surface area is 154 Å². The molecule has 2 atom stereocenters. The summed E-state index contributed by atoms with van der Waals surface area (Å²) >= 11 is 0. The molecule has 0 unspecified atom stereocenters. The maximum Gasteiger partial charge on any atom is 0.270 e. The molecule has 2 aliphatic heterocycles. The van der Waals surface area contributed by atoms with Crippen LogP contribution < -0.4 is 5.56 Å². The van der Waals surface area contributed by atoms with Gasteiger partial charge in [0, 0.05) is 25.0 Å². The van der Waals surface area contributed by atoms with Gasteiger partial charge in [0.1, 0.15) is 11.2 Å². The van der Waals surface area contributed by atoms with Crippen molar-refractivity contribution in [1.82, 2.24) is 29.3 Å². The van der Waals surface area contributed by atoms with Crippen LogP contribution in [-0.2, 0) is 11.3 Å². The molecule has 3 aromatic heterocycles. The predicted molar refractivity (Wildman–Crippen MR) is 94.4 cm³/mol. The Hall–Kier alpha value is -3.07. The maximum absolute atomic E-state index is 13.1. The third-order valence-corrected chi connectivity index (χ3v) is 5.37. The van der Waals surface area contributed by atoms with Gasteiger partial charge in [-0.05, 0) is 25.5 Å². The van der Waals surface area contributed by atoms with Crippen LogP contribution in [0, 0.1) is 6.92 Å². The second-order valence-electron chi connectivity index (χ2n) is 6.96. The molecule has 2 aliphatic rings. The van der Waals surface area contributed by atoms with E-state index in [1.807, 2.05) is 23.7 Å². The lowest BCUT2D eigenvalue weighted by Gasteiger charge is -2.40. The molecule has 27 heavy (non-hydrogen) atoms. The monoisotopic (exact) mass is 366 g/mol. The van der Waals surface area contributed by atoms with Gasteiger partial charge in [-0.15, -0.1) is 5.10 Å². The summed E-state index contributed by atoms with van der Waals surface area (Å²) in [5.74, 6) is -0.309. The van der Waals surface area contributed by atoms with E-state index < -0.39 is 0 Å². The smallest absolute Gasteiger partial charge is 0.270 e. The fraction of sp³-hybridized carbons (Fsp3) is 0.389. The largest absolute Gasteiger partial charge is 0.370 e. The van der Waals surface area contributed by atoms with Gasteiger partial charge in [0.2, 0.25) is 0 Å². The Balaban J connectivity index is 1.49. The molecule has 0 spiro atoms. The molecule has 9 heteroatoms. The first-order valence-electron chi connectivity index (χ1n) is 8.91. The Morgan fingerprint density at radius 1 is 1.30 bits per heavy atom. The quantitative estimate of drug-likeness (QED) is 0.625. The van der Waals surface area contributed by atoms with E-state index in [0.29, 0.717) is 31.8 Å². The molecule has 0 aromatic carbocycles. The van der Waals surface area contributed by atoms with Crippen LogP contribution in [0.2, 0.25) is 0 Å². The summed E-state index contributed by atoms with van der Waals surface area (Å²) in [4.78, 5) is 32.0. The summed E-state index contributed by atoms with van der Waals surface area (Å²) < 4.78 is 9.19. The Bertz CT molecular complexity index is 1100. The molecule has 1 amide bonds. The highest BCUT2D eigenvalue weighted by molar-refractivity contribution is 5.93. The molecule has 0 N–H and O–H groups in total. The Morgan fingerprint density at radius 2 is 2.19 bits per heavy atom. The number of carbonyl (C=O) groups is 1. The Kier molecular flexibility index (Phi) is 3.57. The highest BCUT2D eigenvalue weighted by Crippen LogP contribution is 2.30. The number of pyridine rings is 1. The third-order valence-electron chi connectivity index (χ3n) is 5.37. The van der Waals surface area contributed by atoms with Crippen molar-refractivity contribution in [3.05, 3.63) is 57.9 Å². The van der Waals surface area contributed by atoms with E-state index in [2.05, 4.69) is 15.3 Å². The van der Waals surface area contributed by atoms with E-state index in [1.165, 1.54) is 10.6 Å². The fourth-order valence-corrected chi connectivity index (χ4v) is 3.96. The van der Waals surface area contributed by atoms with Crippen molar-refractivity contribution in [2.75, 3.05) is 13.1 Å². The van der Waals surface area contributed by atoms with Crippen molar-refractivity contribution in [2.24, 2.45) is 0 Å². The van der Waals surface area contributed by atoms with Crippen molar-refractivity contribution in [2.45, 2.75) is 32.1 Å². The molecule has 0 saturated carbocycles. The number of amides is 1. The number of likely N-dealkylation sites (tertiary alicyclic amines) is 1. The highest BCUT2D eigenvalue weighted by atomic mass is 16.5. The summed E-state index contributed by atoms with van der Waals surface area (Å²) in [6.45, 7) is 3.26.